The second kappa shape index (κ2) is 6.44. The van der Waals surface area contributed by atoms with E-state index in [1.54, 1.807) is 0 Å². The van der Waals surface area contributed by atoms with Crippen LogP contribution in [0.2, 0.25) is 0 Å². The van der Waals surface area contributed by atoms with E-state index in [1.165, 1.54) is 30.6 Å². The van der Waals surface area contributed by atoms with E-state index in [0.717, 1.165) is 6.54 Å². The fourth-order valence-corrected chi connectivity index (χ4v) is 3.95. The van der Waals surface area contributed by atoms with E-state index >= 15 is 0 Å². The summed E-state index contributed by atoms with van der Waals surface area (Å²) >= 11 is 1.94. The number of primary amides is 1. The fourth-order valence-electron chi connectivity index (χ4n) is 2.51. The third-order valence-electron chi connectivity index (χ3n) is 3.75. The van der Waals surface area contributed by atoms with Crippen molar-refractivity contribution in [1.29, 1.82) is 0 Å². The molecule has 0 heterocycles. The van der Waals surface area contributed by atoms with Crippen molar-refractivity contribution in [2.45, 2.75) is 48.3 Å². The maximum Gasteiger partial charge on any atom is 0.234 e. The van der Waals surface area contributed by atoms with E-state index < -0.39 is 0 Å². The largest absolute Gasteiger partial charge is 0.368 e. The number of thioether (sulfide) groups is 1. The SMILES string of the molecule is C[C@H](NCC1(Sc2ccccc2)CCCC1)C(N)=O. The molecule has 3 nitrogen and oxygen atoms in total. The molecule has 1 aliphatic rings. The Kier molecular flexibility index (Phi) is 4.88. The van der Waals surface area contributed by atoms with Gasteiger partial charge < -0.3 is 11.1 Å². The highest BCUT2D eigenvalue weighted by atomic mass is 32.2. The van der Waals surface area contributed by atoms with Crippen molar-refractivity contribution in [3.63, 3.8) is 0 Å². The lowest BCUT2D eigenvalue weighted by molar-refractivity contribution is -0.119. The summed E-state index contributed by atoms with van der Waals surface area (Å²) in [4.78, 5) is 12.4. The maximum absolute atomic E-state index is 11.1. The van der Waals surface area contributed by atoms with Crippen LogP contribution < -0.4 is 11.1 Å². The molecule has 0 aliphatic heterocycles. The van der Waals surface area contributed by atoms with E-state index in [4.69, 9.17) is 5.73 Å². The molecule has 0 bridgehead atoms. The van der Waals surface area contributed by atoms with Gasteiger partial charge >= 0.3 is 0 Å². The zero-order valence-corrected chi connectivity index (χ0v) is 12.2. The summed E-state index contributed by atoms with van der Waals surface area (Å²) in [6, 6.07) is 10.2. The van der Waals surface area contributed by atoms with Gasteiger partial charge in [0.2, 0.25) is 5.91 Å². The van der Waals surface area contributed by atoms with Crippen LogP contribution in [0.5, 0.6) is 0 Å². The number of carbonyl (C=O) groups is 1. The first kappa shape index (κ1) is 14.4. The minimum absolute atomic E-state index is 0.213. The zero-order valence-electron chi connectivity index (χ0n) is 11.4. The normalized spacial score (nSPS) is 19.2. The minimum Gasteiger partial charge on any atom is -0.368 e. The van der Waals surface area contributed by atoms with Gasteiger partial charge in [-0.05, 0) is 31.9 Å². The van der Waals surface area contributed by atoms with Crippen LogP contribution in [0.3, 0.4) is 0 Å². The molecule has 1 aromatic carbocycles. The van der Waals surface area contributed by atoms with Crippen LogP contribution in [0, 0.1) is 0 Å². The summed E-state index contributed by atoms with van der Waals surface area (Å²) in [6.07, 6.45) is 4.94. The Morgan fingerprint density at radius 3 is 2.58 bits per heavy atom. The topological polar surface area (TPSA) is 55.1 Å². The molecule has 2 rings (SSSR count). The van der Waals surface area contributed by atoms with Crippen molar-refractivity contribution in [2.75, 3.05) is 6.54 Å². The standard InChI is InChI=1S/C15H22N2OS/c1-12(14(16)18)17-11-15(9-5-6-10-15)19-13-7-3-2-4-8-13/h2-4,7-8,12,17H,5-6,9-11H2,1H3,(H2,16,18)/t12-/m0/s1. The lowest BCUT2D eigenvalue weighted by atomic mass is 10.1. The van der Waals surface area contributed by atoms with Crippen molar-refractivity contribution >= 4 is 17.7 Å². The monoisotopic (exact) mass is 278 g/mol. The summed E-state index contributed by atoms with van der Waals surface area (Å²) in [5, 5.41) is 3.29. The molecule has 1 fully saturated rings. The second-order valence-corrected chi connectivity index (χ2v) is 6.85. The summed E-state index contributed by atoms with van der Waals surface area (Å²) in [6.45, 7) is 2.68. The third-order valence-corrected chi connectivity index (χ3v) is 5.24. The summed E-state index contributed by atoms with van der Waals surface area (Å²) in [5.41, 5.74) is 5.31. The van der Waals surface area contributed by atoms with E-state index in [2.05, 4.69) is 29.6 Å². The molecule has 1 saturated carbocycles. The summed E-state index contributed by atoms with van der Waals surface area (Å²) in [7, 11) is 0. The van der Waals surface area contributed by atoms with Crippen molar-refractivity contribution in [1.82, 2.24) is 5.32 Å². The highest BCUT2D eigenvalue weighted by Gasteiger charge is 2.35. The number of carbonyl (C=O) groups excluding carboxylic acids is 1. The van der Waals surface area contributed by atoms with Crippen molar-refractivity contribution in [3.8, 4) is 0 Å². The van der Waals surface area contributed by atoms with Gasteiger partial charge in [-0.25, -0.2) is 0 Å². The Hall–Kier alpha value is -1.00. The Bertz CT molecular complexity index is 415. The quantitative estimate of drug-likeness (QED) is 0.841. The third kappa shape index (κ3) is 3.98. The maximum atomic E-state index is 11.1. The fraction of sp³-hybridized carbons (Fsp3) is 0.533. The summed E-state index contributed by atoms with van der Waals surface area (Å²) < 4.78 is 0.213. The summed E-state index contributed by atoms with van der Waals surface area (Å²) in [5.74, 6) is -0.280. The van der Waals surface area contributed by atoms with Crippen LogP contribution in [0.25, 0.3) is 0 Å². The van der Waals surface area contributed by atoms with Crippen LogP contribution >= 0.6 is 11.8 Å². The van der Waals surface area contributed by atoms with Gasteiger partial charge in [-0.2, -0.15) is 0 Å². The number of benzene rings is 1. The molecule has 104 valence electrons. The van der Waals surface area contributed by atoms with Crippen LogP contribution in [-0.2, 0) is 4.79 Å². The molecule has 1 atom stereocenters. The average Bonchev–Trinajstić information content (AvgIpc) is 2.86. The number of rotatable bonds is 6. The van der Waals surface area contributed by atoms with E-state index in [1.807, 2.05) is 24.8 Å². The van der Waals surface area contributed by atoms with E-state index in [-0.39, 0.29) is 16.7 Å². The molecule has 0 unspecified atom stereocenters. The molecule has 0 radical (unpaired) electrons. The van der Waals surface area contributed by atoms with Crippen molar-refractivity contribution in [2.24, 2.45) is 5.73 Å². The molecule has 3 N–H and O–H groups in total. The predicted molar refractivity (Wildman–Crippen MR) is 80.2 cm³/mol. The van der Waals surface area contributed by atoms with Gasteiger partial charge in [0.15, 0.2) is 0 Å². The Balaban J connectivity index is 2.00. The lowest BCUT2D eigenvalue weighted by Gasteiger charge is -2.30. The molecule has 19 heavy (non-hydrogen) atoms. The number of nitrogens with one attached hydrogen (secondary N) is 1. The van der Waals surface area contributed by atoms with Crippen LogP contribution in [0.1, 0.15) is 32.6 Å². The zero-order chi connectivity index (χ0) is 13.7. The molecule has 1 amide bonds. The predicted octanol–water partition coefficient (Wildman–Crippen LogP) is 2.55. The molecular formula is C15H22N2OS. The molecule has 4 heteroatoms. The van der Waals surface area contributed by atoms with E-state index in [9.17, 15) is 4.79 Å². The van der Waals surface area contributed by atoms with Crippen molar-refractivity contribution in [3.05, 3.63) is 30.3 Å². The first-order chi connectivity index (χ1) is 9.11. The Morgan fingerprint density at radius 1 is 1.37 bits per heavy atom. The van der Waals surface area contributed by atoms with Gasteiger partial charge in [-0.3, -0.25) is 4.79 Å². The molecule has 1 aliphatic carbocycles. The van der Waals surface area contributed by atoms with Gasteiger partial charge in [-0.15, -0.1) is 11.8 Å². The molecule has 0 spiro atoms. The average molecular weight is 278 g/mol. The lowest BCUT2D eigenvalue weighted by Crippen LogP contribution is -2.45. The Labute approximate surface area is 119 Å². The number of nitrogens with two attached hydrogens (primary N) is 1. The highest BCUT2D eigenvalue weighted by molar-refractivity contribution is 8.00. The van der Waals surface area contributed by atoms with Crippen LogP contribution in [0.4, 0.5) is 0 Å². The number of hydrogen-bond donors (Lipinski definition) is 2. The van der Waals surface area contributed by atoms with Gasteiger partial charge in [-0.1, -0.05) is 31.0 Å². The van der Waals surface area contributed by atoms with Crippen molar-refractivity contribution < 1.29 is 4.79 Å². The van der Waals surface area contributed by atoms with Gasteiger partial charge in [0.25, 0.3) is 0 Å². The first-order valence-corrected chi connectivity index (χ1v) is 7.70. The minimum atomic E-state index is -0.280. The van der Waals surface area contributed by atoms with E-state index in [0.29, 0.717) is 0 Å². The number of amides is 1. The molecule has 0 saturated heterocycles. The first-order valence-electron chi connectivity index (χ1n) is 6.88. The van der Waals surface area contributed by atoms with Gasteiger partial charge in [0.1, 0.15) is 0 Å². The van der Waals surface area contributed by atoms with Crippen LogP contribution in [-0.4, -0.2) is 23.2 Å². The Morgan fingerprint density at radius 2 is 2.00 bits per heavy atom. The highest BCUT2D eigenvalue weighted by Crippen LogP contribution is 2.44. The number of hydrogen-bond acceptors (Lipinski definition) is 3. The van der Waals surface area contributed by atoms with Gasteiger partial charge in [0, 0.05) is 16.2 Å². The molecule has 0 aromatic heterocycles. The smallest absolute Gasteiger partial charge is 0.234 e. The van der Waals surface area contributed by atoms with Crippen LogP contribution in [0.15, 0.2) is 35.2 Å². The second-order valence-electron chi connectivity index (χ2n) is 5.31. The molecular weight excluding hydrogens is 256 g/mol. The molecule has 1 aromatic rings. The van der Waals surface area contributed by atoms with Gasteiger partial charge in [0.05, 0.1) is 6.04 Å².